The number of hydrogen-bond acceptors (Lipinski definition) is 3. The van der Waals surface area contributed by atoms with Gasteiger partial charge in [0, 0.05) is 13.1 Å². The molecule has 4 nitrogen and oxygen atoms in total. The second kappa shape index (κ2) is 7.04. The van der Waals surface area contributed by atoms with Crippen molar-refractivity contribution in [1.82, 2.24) is 10.0 Å². The van der Waals surface area contributed by atoms with E-state index in [1.165, 1.54) is 12.8 Å². The molecule has 1 unspecified atom stereocenters. The molecule has 0 spiro atoms. The van der Waals surface area contributed by atoms with Crippen LogP contribution in [0.15, 0.2) is 0 Å². The monoisotopic (exact) mass is 290 g/mol. The topological polar surface area (TPSA) is 58.2 Å². The molecule has 0 aromatic rings. The van der Waals surface area contributed by atoms with Crippen molar-refractivity contribution in [3.63, 3.8) is 0 Å². The van der Waals surface area contributed by atoms with Gasteiger partial charge < -0.3 is 5.32 Å². The lowest BCUT2D eigenvalue weighted by molar-refractivity contribution is 0.236. The molecule has 2 N–H and O–H groups in total. The highest BCUT2D eigenvalue weighted by Crippen LogP contribution is 2.42. The predicted molar refractivity (Wildman–Crippen MR) is 80.7 cm³/mol. The molecule has 0 aliphatic heterocycles. The number of sulfonamides is 1. The Morgan fingerprint density at radius 1 is 1.16 bits per heavy atom. The fourth-order valence-corrected chi connectivity index (χ4v) is 4.42. The van der Waals surface area contributed by atoms with E-state index in [9.17, 15) is 8.42 Å². The van der Waals surface area contributed by atoms with Crippen LogP contribution in [0.25, 0.3) is 0 Å². The largest absolute Gasteiger partial charge is 0.318 e. The van der Waals surface area contributed by atoms with Gasteiger partial charge in [-0.15, -0.1) is 0 Å². The number of nitrogens with one attached hydrogen (secondary N) is 2. The van der Waals surface area contributed by atoms with Crippen LogP contribution < -0.4 is 10.0 Å². The Hall–Kier alpha value is -0.130. The van der Waals surface area contributed by atoms with E-state index in [0.29, 0.717) is 19.0 Å². The summed E-state index contributed by atoms with van der Waals surface area (Å²) in [6.45, 7) is 7.30. The summed E-state index contributed by atoms with van der Waals surface area (Å²) in [6, 6.07) is 0. The highest BCUT2D eigenvalue weighted by Gasteiger charge is 2.35. The van der Waals surface area contributed by atoms with Gasteiger partial charge in [0.05, 0.1) is 5.25 Å². The van der Waals surface area contributed by atoms with Crippen molar-refractivity contribution in [2.75, 3.05) is 20.1 Å². The Morgan fingerprint density at radius 2 is 1.74 bits per heavy atom. The molecule has 1 rings (SSSR count). The number of hydrogen-bond donors (Lipinski definition) is 2. The fraction of sp³-hybridized carbons (Fsp3) is 1.00. The van der Waals surface area contributed by atoms with E-state index in [0.717, 1.165) is 19.3 Å². The van der Waals surface area contributed by atoms with E-state index in [2.05, 4.69) is 23.9 Å². The highest BCUT2D eigenvalue weighted by molar-refractivity contribution is 7.90. The van der Waals surface area contributed by atoms with Gasteiger partial charge in [0.15, 0.2) is 0 Å². The van der Waals surface area contributed by atoms with Gasteiger partial charge in [-0.05, 0) is 44.6 Å². The minimum atomic E-state index is -3.20. The standard InChI is InChI=1S/C14H30N2O2S/c1-12(2)9-14(7-5-6-8-14)11-16-19(17,18)13(3)10-15-4/h12-13,15-16H,5-11H2,1-4H3. The lowest BCUT2D eigenvalue weighted by Gasteiger charge is -2.31. The molecule has 0 saturated heterocycles. The van der Waals surface area contributed by atoms with Gasteiger partial charge in [-0.3, -0.25) is 0 Å². The van der Waals surface area contributed by atoms with Crippen LogP contribution >= 0.6 is 0 Å². The molecular formula is C14H30N2O2S. The van der Waals surface area contributed by atoms with Crippen LogP contribution in [0.2, 0.25) is 0 Å². The summed E-state index contributed by atoms with van der Waals surface area (Å²) in [5, 5.41) is 2.54. The van der Waals surface area contributed by atoms with Crippen LogP contribution in [0.4, 0.5) is 0 Å². The van der Waals surface area contributed by atoms with Crippen LogP contribution in [0.3, 0.4) is 0 Å². The minimum absolute atomic E-state index is 0.195. The van der Waals surface area contributed by atoms with E-state index in [1.807, 2.05) is 0 Å². The van der Waals surface area contributed by atoms with Crippen LogP contribution in [0.5, 0.6) is 0 Å². The van der Waals surface area contributed by atoms with E-state index < -0.39 is 10.0 Å². The summed E-state index contributed by atoms with van der Waals surface area (Å²) in [6.07, 6.45) is 5.92. The summed E-state index contributed by atoms with van der Waals surface area (Å²) in [4.78, 5) is 0. The summed E-state index contributed by atoms with van der Waals surface area (Å²) in [5.74, 6) is 0.623. The molecule has 1 saturated carbocycles. The molecule has 0 aromatic carbocycles. The molecule has 0 bridgehead atoms. The quantitative estimate of drug-likeness (QED) is 0.720. The van der Waals surface area contributed by atoms with Crippen LogP contribution in [-0.2, 0) is 10.0 Å². The zero-order chi connectivity index (χ0) is 14.5. The normalized spacial score (nSPS) is 20.9. The highest BCUT2D eigenvalue weighted by atomic mass is 32.2. The Bertz CT molecular complexity index is 360. The zero-order valence-corrected chi connectivity index (χ0v) is 13.6. The third-order valence-electron chi connectivity index (χ3n) is 4.18. The fourth-order valence-electron chi connectivity index (χ4n) is 3.24. The molecule has 114 valence electrons. The van der Waals surface area contributed by atoms with Crippen LogP contribution in [-0.4, -0.2) is 33.8 Å². The van der Waals surface area contributed by atoms with Crippen molar-refractivity contribution >= 4 is 10.0 Å². The summed E-state index contributed by atoms with van der Waals surface area (Å²) >= 11 is 0. The molecule has 0 radical (unpaired) electrons. The van der Waals surface area contributed by atoms with Gasteiger partial charge >= 0.3 is 0 Å². The lowest BCUT2D eigenvalue weighted by Crippen LogP contribution is -2.43. The van der Waals surface area contributed by atoms with Gasteiger partial charge in [0.1, 0.15) is 0 Å². The Kier molecular flexibility index (Phi) is 6.27. The van der Waals surface area contributed by atoms with Gasteiger partial charge in [0.2, 0.25) is 10.0 Å². The maximum atomic E-state index is 12.2. The molecule has 0 amide bonds. The number of rotatable bonds is 8. The van der Waals surface area contributed by atoms with Crippen LogP contribution in [0, 0.1) is 11.3 Å². The third kappa shape index (κ3) is 5.04. The molecule has 0 heterocycles. The smallest absolute Gasteiger partial charge is 0.215 e. The zero-order valence-electron chi connectivity index (χ0n) is 12.8. The van der Waals surface area contributed by atoms with Crippen molar-refractivity contribution in [2.24, 2.45) is 11.3 Å². The van der Waals surface area contributed by atoms with Crippen molar-refractivity contribution in [2.45, 2.75) is 58.1 Å². The second-order valence-corrected chi connectivity index (χ2v) is 8.72. The first-order valence-electron chi connectivity index (χ1n) is 7.44. The molecule has 0 aromatic heterocycles. The average molecular weight is 290 g/mol. The molecule has 19 heavy (non-hydrogen) atoms. The van der Waals surface area contributed by atoms with Gasteiger partial charge in [-0.1, -0.05) is 26.7 Å². The minimum Gasteiger partial charge on any atom is -0.318 e. The molecule has 1 fully saturated rings. The van der Waals surface area contributed by atoms with E-state index in [1.54, 1.807) is 14.0 Å². The summed E-state index contributed by atoms with van der Waals surface area (Å²) < 4.78 is 27.2. The third-order valence-corrected chi connectivity index (χ3v) is 5.95. The Labute approximate surface area is 118 Å². The van der Waals surface area contributed by atoms with Gasteiger partial charge in [-0.25, -0.2) is 13.1 Å². The van der Waals surface area contributed by atoms with Crippen LogP contribution in [0.1, 0.15) is 52.9 Å². The first-order chi connectivity index (χ1) is 8.81. The predicted octanol–water partition coefficient (Wildman–Crippen LogP) is 2.12. The molecule has 1 atom stereocenters. The van der Waals surface area contributed by atoms with Gasteiger partial charge in [0.25, 0.3) is 0 Å². The average Bonchev–Trinajstić information content (AvgIpc) is 2.75. The van der Waals surface area contributed by atoms with Crippen molar-refractivity contribution in [3.05, 3.63) is 0 Å². The Balaban J connectivity index is 2.61. The first-order valence-corrected chi connectivity index (χ1v) is 8.99. The van der Waals surface area contributed by atoms with Gasteiger partial charge in [-0.2, -0.15) is 0 Å². The molecule has 1 aliphatic rings. The van der Waals surface area contributed by atoms with E-state index in [4.69, 9.17) is 0 Å². The molecule has 5 heteroatoms. The maximum Gasteiger partial charge on any atom is 0.215 e. The second-order valence-electron chi connectivity index (χ2n) is 6.54. The summed E-state index contributed by atoms with van der Waals surface area (Å²) in [7, 11) is -1.42. The molecular weight excluding hydrogens is 260 g/mol. The van der Waals surface area contributed by atoms with Crippen molar-refractivity contribution in [3.8, 4) is 0 Å². The lowest BCUT2D eigenvalue weighted by atomic mass is 9.79. The Morgan fingerprint density at radius 3 is 2.21 bits per heavy atom. The molecule has 1 aliphatic carbocycles. The SMILES string of the molecule is CNCC(C)S(=O)(=O)NCC1(CC(C)C)CCCC1. The van der Waals surface area contributed by atoms with Crippen molar-refractivity contribution in [1.29, 1.82) is 0 Å². The van der Waals surface area contributed by atoms with E-state index >= 15 is 0 Å². The van der Waals surface area contributed by atoms with E-state index in [-0.39, 0.29) is 10.7 Å². The maximum absolute atomic E-state index is 12.2. The van der Waals surface area contributed by atoms with Crippen molar-refractivity contribution < 1.29 is 8.42 Å². The summed E-state index contributed by atoms with van der Waals surface area (Å²) in [5.41, 5.74) is 0.195. The first kappa shape index (κ1) is 16.9.